The molecule has 2 aromatic carbocycles. The van der Waals surface area contributed by atoms with Crippen LogP contribution in [0.5, 0.6) is 0 Å². The molecule has 21 heavy (non-hydrogen) atoms. The number of benzene rings is 2. The number of hydrogen-bond donors (Lipinski definition) is 2. The van der Waals surface area contributed by atoms with Gasteiger partial charge in [0.25, 0.3) is 0 Å². The molecule has 0 fully saturated rings. The van der Waals surface area contributed by atoms with Crippen molar-refractivity contribution in [3.05, 3.63) is 58.1 Å². The van der Waals surface area contributed by atoms with E-state index in [4.69, 9.17) is 23.2 Å². The van der Waals surface area contributed by atoms with Gasteiger partial charge in [-0.3, -0.25) is 0 Å². The fourth-order valence-corrected chi connectivity index (χ4v) is 2.18. The average Bonchev–Trinajstić information content (AvgIpc) is 2.44. The first-order valence-electron chi connectivity index (χ1n) is 6.59. The number of nitrogens with one attached hydrogen (secondary N) is 2. The van der Waals surface area contributed by atoms with Gasteiger partial charge < -0.3 is 10.6 Å². The Hall–Kier alpha value is -1.71. The third-order valence-electron chi connectivity index (χ3n) is 3.04. The number of anilines is 2. The van der Waals surface area contributed by atoms with Crippen molar-refractivity contribution >= 4 is 40.6 Å². The minimum absolute atomic E-state index is 0.324. The van der Waals surface area contributed by atoms with Crippen molar-refractivity contribution in [3.63, 3.8) is 0 Å². The van der Waals surface area contributed by atoms with Gasteiger partial charge in [0.1, 0.15) is 0 Å². The Morgan fingerprint density at radius 1 is 1.00 bits per heavy atom. The Morgan fingerprint density at radius 2 is 1.67 bits per heavy atom. The van der Waals surface area contributed by atoms with Gasteiger partial charge in [-0.05, 0) is 35.7 Å². The van der Waals surface area contributed by atoms with Crippen LogP contribution in [-0.2, 0) is 0 Å². The van der Waals surface area contributed by atoms with Crippen LogP contribution in [0.4, 0.5) is 16.2 Å². The van der Waals surface area contributed by atoms with Crippen LogP contribution < -0.4 is 10.6 Å². The van der Waals surface area contributed by atoms with Crippen molar-refractivity contribution in [1.82, 2.24) is 0 Å². The normalized spacial score (nSPS) is 10.5. The molecular weight excluding hydrogens is 307 g/mol. The van der Waals surface area contributed by atoms with E-state index < -0.39 is 0 Å². The zero-order chi connectivity index (χ0) is 15.4. The molecule has 0 saturated heterocycles. The molecule has 0 aromatic heterocycles. The second-order valence-corrected chi connectivity index (χ2v) is 5.74. The molecule has 5 heteroatoms. The Bertz CT molecular complexity index is 639. The minimum atomic E-state index is -0.364. The predicted octanol–water partition coefficient (Wildman–Crippen LogP) is 5.76. The molecule has 0 atom stereocenters. The summed E-state index contributed by atoms with van der Waals surface area (Å²) in [6.07, 6.45) is 0. The van der Waals surface area contributed by atoms with Crippen LogP contribution >= 0.6 is 23.2 Å². The number of rotatable bonds is 3. The molecule has 2 amide bonds. The van der Waals surface area contributed by atoms with E-state index in [0.717, 1.165) is 5.69 Å². The molecule has 3 nitrogen and oxygen atoms in total. The maximum Gasteiger partial charge on any atom is 0.323 e. The molecule has 0 unspecified atom stereocenters. The monoisotopic (exact) mass is 322 g/mol. The number of amides is 2. The summed E-state index contributed by atoms with van der Waals surface area (Å²) >= 11 is 11.9. The van der Waals surface area contributed by atoms with Gasteiger partial charge in [-0.25, -0.2) is 4.79 Å². The lowest BCUT2D eigenvalue weighted by atomic mass is 10.0. The molecule has 2 rings (SSSR count). The predicted molar refractivity (Wildman–Crippen MR) is 89.6 cm³/mol. The first-order valence-corrected chi connectivity index (χ1v) is 7.35. The van der Waals surface area contributed by atoms with Crippen LogP contribution in [0.3, 0.4) is 0 Å². The SMILES string of the molecule is CC(C)c1ccc(NC(=O)Nc2cccc(Cl)c2Cl)cc1. The third-order valence-corrected chi connectivity index (χ3v) is 3.85. The van der Waals surface area contributed by atoms with Crippen LogP contribution in [0.2, 0.25) is 10.0 Å². The summed E-state index contributed by atoms with van der Waals surface area (Å²) in [5.74, 6) is 0.457. The zero-order valence-electron chi connectivity index (χ0n) is 11.8. The minimum Gasteiger partial charge on any atom is -0.308 e. The maximum atomic E-state index is 11.9. The number of carbonyl (C=O) groups is 1. The number of carbonyl (C=O) groups excluding carboxylic acids is 1. The standard InChI is InChI=1S/C16H16Cl2N2O/c1-10(2)11-6-8-12(9-7-11)19-16(21)20-14-5-3-4-13(17)15(14)18/h3-10H,1-2H3,(H2,19,20,21). The van der Waals surface area contributed by atoms with Gasteiger partial charge in [-0.1, -0.05) is 55.2 Å². The van der Waals surface area contributed by atoms with Crippen molar-refractivity contribution < 1.29 is 4.79 Å². The summed E-state index contributed by atoms with van der Waals surface area (Å²) in [5.41, 5.74) is 2.41. The summed E-state index contributed by atoms with van der Waals surface area (Å²) in [6, 6.07) is 12.4. The van der Waals surface area contributed by atoms with E-state index in [1.54, 1.807) is 18.2 Å². The van der Waals surface area contributed by atoms with E-state index in [2.05, 4.69) is 24.5 Å². The highest BCUT2D eigenvalue weighted by atomic mass is 35.5. The number of halogens is 2. The van der Waals surface area contributed by atoms with Gasteiger partial charge in [-0.2, -0.15) is 0 Å². The van der Waals surface area contributed by atoms with Gasteiger partial charge in [0.05, 0.1) is 15.7 Å². The molecule has 2 N–H and O–H groups in total. The zero-order valence-corrected chi connectivity index (χ0v) is 13.3. The summed E-state index contributed by atoms with van der Waals surface area (Å²) < 4.78 is 0. The Morgan fingerprint density at radius 3 is 2.29 bits per heavy atom. The smallest absolute Gasteiger partial charge is 0.308 e. The van der Waals surface area contributed by atoms with E-state index in [-0.39, 0.29) is 6.03 Å². The molecule has 0 saturated carbocycles. The summed E-state index contributed by atoms with van der Waals surface area (Å²) in [6.45, 7) is 4.24. The van der Waals surface area contributed by atoms with Crippen LogP contribution in [0, 0.1) is 0 Å². The van der Waals surface area contributed by atoms with E-state index in [9.17, 15) is 4.79 Å². The molecule has 0 aliphatic heterocycles. The molecule has 0 aliphatic carbocycles. The maximum absolute atomic E-state index is 11.9. The summed E-state index contributed by atoms with van der Waals surface area (Å²) in [5, 5.41) is 6.14. The first kappa shape index (κ1) is 15.7. The molecule has 0 bridgehead atoms. The van der Waals surface area contributed by atoms with Crippen molar-refractivity contribution in [2.45, 2.75) is 19.8 Å². The van der Waals surface area contributed by atoms with Crippen molar-refractivity contribution in [2.24, 2.45) is 0 Å². The lowest BCUT2D eigenvalue weighted by molar-refractivity contribution is 0.262. The highest BCUT2D eigenvalue weighted by Gasteiger charge is 2.08. The van der Waals surface area contributed by atoms with Crippen molar-refractivity contribution in [1.29, 1.82) is 0 Å². The number of urea groups is 1. The summed E-state index contributed by atoms with van der Waals surface area (Å²) in [4.78, 5) is 11.9. The Kier molecular flexibility index (Phi) is 5.10. The second kappa shape index (κ2) is 6.83. The third kappa shape index (κ3) is 4.13. The quantitative estimate of drug-likeness (QED) is 0.740. The lowest BCUT2D eigenvalue weighted by Gasteiger charge is -2.11. The topological polar surface area (TPSA) is 41.1 Å². The average molecular weight is 323 g/mol. The Balaban J connectivity index is 2.03. The highest BCUT2D eigenvalue weighted by molar-refractivity contribution is 6.44. The van der Waals surface area contributed by atoms with Gasteiger partial charge in [0.2, 0.25) is 0 Å². The van der Waals surface area contributed by atoms with Gasteiger partial charge in [0.15, 0.2) is 0 Å². The molecule has 0 spiro atoms. The molecular formula is C16H16Cl2N2O. The lowest BCUT2D eigenvalue weighted by Crippen LogP contribution is -2.19. The first-order chi connectivity index (χ1) is 9.97. The van der Waals surface area contributed by atoms with Crippen LogP contribution in [0.15, 0.2) is 42.5 Å². The molecule has 0 heterocycles. The van der Waals surface area contributed by atoms with Crippen LogP contribution in [-0.4, -0.2) is 6.03 Å². The molecule has 110 valence electrons. The Labute approximate surface area is 134 Å². The van der Waals surface area contributed by atoms with Gasteiger partial charge >= 0.3 is 6.03 Å². The molecule has 2 aromatic rings. The highest BCUT2D eigenvalue weighted by Crippen LogP contribution is 2.29. The second-order valence-electron chi connectivity index (χ2n) is 4.96. The van der Waals surface area contributed by atoms with Crippen molar-refractivity contribution in [3.8, 4) is 0 Å². The molecule has 0 radical (unpaired) electrons. The van der Waals surface area contributed by atoms with Crippen LogP contribution in [0.25, 0.3) is 0 Å². The van der Waals surface area contributed by atoms with E-state index in [1.165, 1.54) is 5.56 Å². The fourth-order valence-electron chi connectivity index (χ4n) is 1.84. The van der Waals surface area contributed by atoms with Gasteiger partial charge in [-0.15, -0.1) is 0 Å². The molecule has 0 aliphatic rings. The largest absolute Gasteiger partial charge is 0.323 e. The van der Waals surface area contributed by atoms with E-state index in [1.807, 2.05) is 24.3 Å². The van der Waals surface area contributed by atoms with Gasteiger partial charge in [0, 0.05) is 5.69 Å². The van der Waals surface area contributed by atoms with Crippen molar-refractivity contribution in [2.75, 3.05) is 10.6 Å². The number of hydrogen-bond acceptors (Lipinski definition) is 1. The summed E-state index contributed by atoms with van der Waals surface area (Å²) in [7, 11) is 0. The van der Waals surface area contributed by atoms with E-state index >= 15 is 0 Å². The fraction of sp³-hybridized carbons (Fsp3) is 0.188. The van der Waals surface area contributed by atoms with E-state index in [0.29, 0.717) is 21.7 Å². The van der Waals surface area contributed by atoms with Crippen LogP contribution in [0.1, 0.15) is 25.3 Å².